The van der Waals surface area contributed by atoms with Gasteiger partial charge in [-0.3, -0.25) is 4.79 Å². The van der Waals surface area contributed by atoms with E-state index in [1.165, 1.54) is 0 Å². The predicted molar refractivity (Wildman–Crippen MR) is 100 cm³/mol. The standard InChI is InChI=1S/C20H17N3O5/c21-20(26)18-17-13(10-28-22-18)14(9-12-5-2-1-3-6-12)23-8-4-7-15(19(17)23)27-11-16(24)25/h1-8H,9-11H2,(H2,21,26)(H,24,25). The van der Waals surface area contributed by atoms with Crippen molar-refractivity contribution in [2.45, 2.75) is 13.0 Å². The van der Waals surface area contributed by atoms with Crippen molar-refractivity contribution in [3.8, 4) is 5.75 Å². The molecule has 0 atom stereocenters. The van der Waals surface area contributed by atoms with Gasteiger partial charge in [0, 0.05) is 29.4 Å². The minimum Gasteiger partial charge on any atom is -0.480 e. The van der Waals surface area contributed by atoms with Crippen molar-refractivity contribution in [1.82, 2.24) is 4.40 Å². The number of carboxylic acid groups (broad SMARTS) is 1. The van der Waals surface area contributed by atoms with E-state index in [4.69, 9.17) is 20.4 Å². The van der Waals surface area contributed by atoms with E-state index in [0.29, 0.717) is 23.3 Å². The second-order valence-corrected chi connectivity index (χ2v) is 6.31. The number of pyridine rings is 1. The topological polar surface area (TPSA) is 116 Å². The average molecular weight is 379 g/mol. The summed E-state index contributed by atoms with van der Waals surface area (Å²) in [6.07, 6.45) is 2.41. The number of rotatable bonds is 6. The SMILES string of the molecule is NC(=O)C1=NOCc2c1c1c(OCC(=O)O)cccn1c2Cc1ccccc1. The van der Waals surface area contributed by atoms with E-state index in [1.807, 2.05) is 40.9 Å². The fraction of sp³-hybridized carbons (Fsp3) is 0.150. The number of carbonyl (C=O) groups is 2. The highest BCUT2D eigenvalue weighted by Crippen LogP contribution is 2.35. The van der Waals surface area contributed by atoms with E-state index in [9.17, 15) is 9.59 Å². The third kappa shape index (κ3) is 3.05. The molecule has 1 aliphatic rings. The van der Waals surface area contributed by atoms with Gasteiger partial charge >= 0.3 is 5.97 Å². The molecule has 4 rings (SSSR count). The molecule has 0 saturated carbocycles. The van der Waals surface area contributed by atoms with Crippen LogP contribution < -0.4 is 10.5 Å². The summed E-state index contributed by atoms with van der Waals surface area (Å²) >= 11 is 0. The number of primary amides is 1. The molecule has 8 heteroatoms. The molecule has 3 aromatic rings. The second-order valence-electron chi connectivity index (χ2n) is 6.31. The number of nitrogens with zero attached hydrogens (tertiary/aromatic N) is 2. The Morgan fingerprint density at radius 3 is 2.71 bits per heavy atom. The first-order valence-electron chi connectivity index (χ1n) is 8.59. The fourth-order valence-electron chi connectivity index (χ4n) is 3.41. The summed E-state index contributed by atoms with van der Waals surface area (Å²) in [5.41, 5.74) is 9.31. The van der Waals surface area contributed by atoms with Crippen LogP contribution in [-0.2, 0) is 27.5 Å². The number of hydrogen-bond acceptors (Lipinski definition) is 5. The fourth-order valence-corrected chi connectivity index (χ4v) is 3.41. The summed E-state index contributed by atoms with van der Waals surface area (Å²) in [5, 5.41) is 12.8. The highest BCUT2D eigenvalue weighted by atomic mass is 16.6. The molecule has 1 aliphatic heterocycles. The third-order valence-corrected chi connectivity index (χ3v) is 4.54. The molecule has 1 aromatic carbocycles. The molecule has 0 fully saturated rings. The van der Waals surface area contributed by atoms with Gasteiger partial charge in [-0.15, -0.1) is 0 Å². The van der Waals surface area contributed by atoms with Crippen molar-refractivity contribution in [1.29, 1.82) is 0 Å². The molecular weight excluding hydrogens is 362 g/mol. The number of aromatic nitrogens is 1. The van der Waals surface area contributed by atoms with E-state index in [2.05, 4.69) is 5.16 Å². The van der Waals surface area contributed by atoms with Crippen LogP contribution in [0.3, 0.4) is 0 Å². The van der Waals surface area contributed by atoms with Crippen molar-refractivity contribution in [2.75, 3.05) is 6.61 Å². The molecule has 0 bridgehead atoms. The molecule has 3 N–H and O–H groups in total. The molecule has 28 heavy (non-hydrogen) atoms. The smallest absolute Gasteiger partial charge is 0.341 e. The van der Waals surface area contributed by atoms with Crippen LogP contribution in [0.15, 0.2) is 53.8 Å². The van der Waals surface area contributed by atoms with Crippen LogP contribution in [0.4, 0.5) is 0 Å². The Labute approximate surface area is 159 Å². The molecular formula is C20H17N3O5. The molecule has 0 radical (unpaired) electrons. The van der Waals surface area contributed by atoms with Crippen molar-refractivity contribution in [3.63, 3.8) is 0 Å². The Morgan fingerprint density at radius 2 is 2.00 bits per heavy atom. The first-order chi connectivity index (χ1) is 13.6. The summed E-state index contributed by atoms with van der Waals surface area (Å²) in [6.45, 7) is -0.332. The van der Waals surface area contributed by atoms with Gasteiger partial charge in [-0.05, 0) is 17.7 Å². The maximum absolute atomic E-state index is 12.0. The Bertz CT molecular complexity index is 1100. The number of oxime groups is 1. The highest BCUT2D eigenvalue weighted by molar-refractivity contribution is 6.47. The summed E-state index contributed by atoms with van der Waals surface area (Å²) in [7, 11) is 0. The van der Waals surface area contributed by atoms with Crippen LogP contribution in [0.25, 0.3) is 5.52 Å². The van der Waals surface area contributed by atoms with Gasteiger partial charge in [0.15, 0.2) is 12.3 Å². The average Bonchev–Trinajstić information content (AvgIpc) is 3.01. The van der Waals surface area contributed by atoms with Gasteiger partial charge in [0.05, 0.1) is 5.52 Å². The summed E-state index contributed by atoms with van der Waals surface area (Å²) < 4.78 is 7.35. The summed E-state index contributed by atoms with van der Waals surface area (Å²) in [5.74, 6) is -1.50. The van der Waals surface area contributed by atoms with Gasteiger partial charge in [-0.25, -0.2) is 4.79 Å². The van der Waals surface area contributed by atoms with Crippen molar-refractivity contribution >= 4 is 23.1 Å². The van der Waals surface area contributed by atoms with Crippen LogP contribution in [0.1, 0.15) is 22.4 Å². The first kappa shape index (κ1) is 17.6. The number of benzene rings is 1. The highest BCUT2D eigenvalue weighted by Gasteiger charge is 2.30. The number of aliphatic carboxylic acids is 1. The maximum atomic E-state index is 12.0. The number of amides is 1. The first-order valence-corrected chi connectivity index (χ1v) is 8.59. The number of carboxylic acids is 1. The lowest BCUT2D eigenvalue weighted by molar-refractivity contribution is -0.139. The van der Waals surface area contributed by atoms with Crippen molar-refractivity contribution in [3.05, 3.63) is 71.0 Å². The zero-order chi connectivity index (χ0) is 19.7. The quantitative estimate of drug-likeness (QED) is 0.676. The lowest BCUT2D eigenvalue weighted by atomic mass is 10.0. The minimum absolute atomic E-state index is 0.00978. The van der Waals surface area contributed by atoms with Crippen molar-refractivity contribution in [2.24, 2.45) is 10.9 Å². The van der Waals surface area contributed by atoms with Gasteiger partial charge < -0.3 is 24.8 Å². The zero-order valence-electron chi connectivity index (χ0n) is 14.8. The van der Waals surface area contributed by atoms with Crippen LogP contribution in [0.2, 0.25) is 0 Å². The van der Waals surface area contributed by atoms with Gasteiger partial charge in [-0.1, -0.05) is 35.5 Å². The zero-order valence-corrected chi connectivity index (χ0v) is 14.8. The van der Waals surface area contributed by atoms with E-state index in [-0.39, 0.29) is 12.3 Å². The van der Waals surface area contributed by atoms with Gasteiger partial charge in [0.1, 0.15) is 12.4 Å². The Morgan fingerprint density at radius 1 is 1.21 bits per heavy atom. The lowest BCUT2D eigenvalue weighted by Gasteiger charge is -2.13. The van der Waals surface area contributed by atoms with Crippen LogP contribution in [-0.4, -0.2) is 33.7 Å². The Kier molecular flexibility index (Phi) is 4.44. The van der Waals surface area contributed by atoms with E-state index < -0.39 is 18.5 Å². The lowest BCUT2D eigenvalue weighted by Crippen LogP contribution is -2.27. The molecule has 0 unspecified atom stereocenters. The minimum atomic E-state index is -1.10. The summed E-state index contributed by atoms with van der Waals surface area (Å²) in [6, 6.07) is 13.3. The van der Waals surface area contributed by atoms with Crippen LogP contribution >= 0.6 is 0 Å². The Balaban J connectivity index is 1.95. The van der Waals surface area contributed by atoms with E-state index >= 15 is 0 Å². The monoisotopic (exact) mass is 379 g/mol. The van der Waals surface area contributed by atoms with Gasteiger partial charge in [0.25, 0.3) is 5.91 Å². The number of hydrogen-bond donors (Lipinski definition) is 2. The Hall–Kier alpha value is -3.81. The molecule has 8 nitrogen and oxygen atoms in total. The largest absolute Gasteiger partial charge is 0.480 e. The number of carbonyl (C=O) groups excluding carboxylic acids is 1. The molecule has 1 amide bonds. The predicted octanol–water partition coefficient (Wildman–Crippen LogP) is 1.71. The second kappa shape index (κ2) is 7.07. The van der Waals surface area contributed by atoms with Gasteiger partial charge in [-0.2, -0.15) is 0 Å². The van der Waals surface area contributed by atoms with Crippen LogP contribution in [0.5, 0.6) is 5.75 Å². The summed E-state index contributed by atoms with van der Waals surface area (Å²) in [4.78, 5) is 28.2. The van der Waals surface area contributed by atoms with Gasteiger partial charge in [0.2, 0.25) is 0 Å². The normalized spacial score (nSPS) is 12.8. The molecule has 3 heterocycles. The number of fused-ring (bicyclic) bond motifs is 3. The molecule has 142 valence electrons. The van der Waals surface area contributed by atoms with Crippen LogP contribution in [0, 0.1) is 0 Å². The maximum Gasteiger partial charge on any atom is 0.341 e. The number of nitrogens with two attached hydrogens (primary N) is 1. The van der Waals surface area contributed by atoms with E-state index in [0.717, 1.165) is 16.8 Å². The molecule has 0 aliphatic carbocycles. The van der Waals surface area contributed by atoms with Crippen molar-refractivity contribution < 1.29 is 24.3 Å². The molecule has 0 saturated heterocycles. The number of ether oxygens (including phenoxy) is 1. The molecule has 2 aromatic heterocycles. The molecule has 0 spiro atoms. The van der Waals surface area contributed by atoms with E-state index in [1.54, 1.807) is 12.1 Å². The third-order valence-electron chi connectivity index (χ3n) is 4.54.